The van der Waals surface area contributed by atoms with E-state index in [1.807, 2.05) is 6.07 Å². The molecule has 1 aromatic heterocycles. The third-order valence-corrected chi connectivity index (χ3v) is 4.35. The largest absolute Gasteiger partial charge is 0.466 e. The zero-order valence-corrected chi connectivity index (χ0v) is 12.6. The molecule has 3 N–H and O–H groups in total. The van der Waals surface area contributed by atoms with Gasteiger partial charge in [-0.05, 0) is 48.7 Å². The van der Waals surface area contributed by atoms with Gasteiger partial charge in [0, 0.05) is 18.6 Å². The highest BCUT2D eigenvalue weighted by Crippen LogP contribution is 2.27. The van der Waals surface area contributed by atoms with Crippen molar-refractivity contribution in [3.8, 4) is 0 Å². The Morgan fingerprint density at radius 1 is 1.50 bits per heavy atom. The molecule has 1 saturated heterocycles. The molecule has 1 aromatic rings. The second kappa shape index (κ2) is 6.19. The molecular formula is C13H22BrN3O. The number of nitrogens with zero attached hydrogens (tertiary/aromatic N) is 1. The first kappa shape index (κ1) is 14.1. The van der Waals surface area contributed by atoms with Crippen LogP contribution in [0, 0.1) is 0 Å². The van der Waals surface area contributed by atoms with E-state index in [9.17, 15) is 0 Å². The maximum Gasteiger partial charge on any atom is 0.137 e. The van der Waals surface area contributed by atoms with E-state index < -0.39 is 0 Å². The Morgan fingerprint density at radius 3 is 2.67 bits per heavy atom. The average molecular weight is 316 g/mol. The summed E-state index contributed by atoms with van der Waals surface area (Å²) >= 11 is 3.49. The fourth-order valence-corrected chi connectivity index (χ4v) is 3.11. The van der Waals surface area contributed by atoms with E-state index in [1.165, 1.54) is 19.3 Å². The highest BCUT2D eigenvalue weighted by Gasteiger charge is 2.28. The van der Waals surface area contributed by atoms with Crippen LogP contribution in [0.5, 0.6) is 0 Å². The molecule has 4 nitrogen and oxygen atoms in total. The van der Waals surface area contributed by atoms with Crippen LogP contribution in [0.4, 0.5) is 0 Å². The Kier molecular flexibility index (Phi) is 4.84. The maximum atomic E-state index is 5.87. The van der Waals surface area contributed by atoms with Crippen molar-refractivity contribution in [3.63, 3.8) is 0 Å². The Bertz CT molecular complexity index is 372. The van der Waals surface area contributed by atoms with Crippen LogP contribution in [0.2, 0.25) is 0 Å². The maximum absolute atomic E-state index is 5.87. The molecular weight excluding hydrogens is 294 g/mol. The minimum absolute atomic E-state index is 0.0253. The molecule has 0 radical (unpaired) electrons. The molecule has 1 fully saturated rings. The SMILES string of the molecule is CC1CCCC(C)N1NC(CN)c1occc1Br. The van der Waals surface area contributed by atoms with E-state index in [2.05, 4.69) is 40.2 Å². The summed E-state index contributed by atoms with van der Waals surface area (Å²) in [7, 11) is 0. The van der Waals surface area contributed by atoms with Gasteiger partial charge in [-0.2, -0.15) is 0 Å². The van der Waals surface area contributed by atoms with Crippen LogP contribution in [-0.4, -0.2) is 23.6 Å². The van der Waals surface area contributed by atoms with E-state index in [4.69, 9.17) is 10.2 Å². The van der Waals surface area contributed by atoms with Crippen LogP contribution >= 0.6 is 15.9 Å². The first-order valence-electron chi connectivity index (χ1n) is 6.61. The number of piperidine rings is 1. The third-order valence-electron chi connectivity index (χ3n) is 3.70. The van der Waals surface area contributed by atoms with Crippen molar-refractivity contribution in [1.29, 1.82) is 0 Å². The summed E-state index contributed by atoms with van der Waals surface area (Å²) in [5, 5.41) is 2.33. The normalized spacial score (nSPS) is 27.3. The number of nitrogens with one attached hydrogen (secondary N) is 1. The van der Waals surface area contributed by atoms with E-state index >= 15 is 0 Å². The molecule has 0 bridgehead atoms. The molecule has 0 amide bonds. The Hall–Kier alpha value is -0.360. The van der Waals surface area contributed by atoms with Gasteiger partial charge in [-0.1, -0.05) is 6.42 Å². The van der Waals surface area contributed by atoms with Gasteiger partial charge >= 0.3 is 0 Å². The minimum Gasteiger partial charge on any atom is -0.466 e. The van der Waals surface area contributed by atoms with Gasteiger partial charge in [-0.25, -0.2) is 10.4 Å². The quantitative estimate of drug-likeness (QED) is 0.897. The fraction of sp³-hybridized carbons (Fsp3) is 0.692. The number of nitrogens with two attached hydrogens (primary N) is 1. The molecule has 0 aliphatic carbocycles. The summed E-state index contributed by atoms with van der Waals surface area (Å²) in [6.45, 7) is 5.03. The number of hydrogen-bond donors (Lipinski definition) is 2. The van der Waals surface area contributed by atoms with Crippen molar-refractivity contribution in [2.75, 3.05) is 6.54 Å². The molecule has 5 heteroatoms. The molecule has 0 saturated carbocycles. The summed E-state index contributed by atoms with van der Waals surface area (Å²) < 4.78 is 6.49. The van der Waals surface area contributed by atoms with Crippen molar-refractivity contribution in [3.05, 3.63) is 22.6 Å². The fourth-order valence-electron chi connectivity index (χ4n) is 2.63. The first-order chi connectivity index (χ1) is 8.63. The van der Waals surface area contributed by atoms with Gasteiger partial charge < -0.3 is 10.2 Å². The lowest BCUT2D eigenvalue weighted by Crippen LogP contribution is -2.54. The van der Waals surface area contributed by atoms with Crippen LogP contribution < -0.4 is 11.2 Å². The van der Waals surface area contributed by atoms with E-state index in [1.54, 1.807) is 6.26 Å². The van der Waals surface area contributed by atoms with Crippen LogP contribution in [0.3, 0.4) is 0 Å². The van der Waals surface area contributed by atoms with Gasteiger partial charge in [0.25, 0.3) is 0 Å². The van der Waals surface area contributed by atoms with Crippen molar-refractivity contribution in [2.45, 2.75) is 51.2 Å². The van der Waals surface area contributed by atoms with Gasteiger partial charge in [0.2, 0.25) is 0 Å². The smallest absolute Gasteiger partial charge is 0.137 e. The Morgan fingerprint density at radius 2 is 2.17 bits per heavy atom. The summed E-state index contributed by atoms with van der Waals surface area (Å²) in [4.78, 5) is 0. The van der Waals surface area contributed by atoms with Crippen molar-refractivity contribution < 1.29 is 4.42 Å². The van der Waals surface area contributed by atoms with E-state index in [0.29, 0.717) is 18.6 Å². The van der Waals surface area contributed by atoms with E-state index in [0.717, 1.165) is 10.2 Å². The molecule has 0 aromatic carbocycles. The third kappa shape index (κ3) is 2.96. The number of halogens is 1. The summed E-state index contributed by atoms with van der Waals surface area (Å²) in [6, 6.07) is 3.01. The first-order valence-corrected chi connectivity index (χ1v) is 7.40. The topological polar surface area (TPSA) is 54.4 Å². The van der Waals surface area contributed by atoms with Crippen molar-refractivity contribution >= 4 is 15.9 Å². The number of hydrazine groups is 1. The van der Waals surface area contributed by atoms with Crippen molar-refractivity contribution in [2.24, 2.45) is 5.73 Å². The predicted molar refractivity (Wildman–Crippen MR) is 76.0 cm³/mol. The molecule has 3 unspecified atom stereocenters. The Labute approximate surface area is 117 Å². The van der Waals surface area contributed by atoms with Gasteiger partial charge in [0.15, 0.2) is 0 Å². The van der Waals surface area contributed by atoms with Gasteiger partial charge in [-0.15, -0.1) is 0 Å². The molecule has 1 aliphatic rings. The van der Waals surface area contributed by atoms with Crippen molar-refractivity contribution in [1.82, 2.24) is 10.4 Å². The Balaban J connectivity index is 2.08. The lowest BCUT2D eigenvalue weighted by atomic mass is 9.99. The molecule has 0 spiro atoms. The molecule has 1 aliphatic heterocycles. The van der Waals surface area contributed by atoms with Gasteiger partial charge in [0.1, 0.15) is 5.76 Å². The monoisotopic (exact) mass is 315 g/mol. The second-order valence-electron chi connectivity index (χ2n) is 5.09. The zero-order valence-electron chi connectivity index (χ0n) is 11.0. The second-order valence-corrected chi connectivity index (χ2v) is 5.94. The number of rotatable bonds is 4. The minimum atomic E-state index is 0.0253. The summed E-state index contributed by atoms with van der Waals surface area (Å²) in [5.74, 6) is 0.877. The molecule has 2 rings (SSSR count). The standard InChI is InChI=1S/C13H22BrN3O/c1-9-4-3-5-10(2)17(9)16-12(8-15)13-11(14)6-7-18-13/h6-7,9-10,12,16H,3-5,8,15H2,1-2H3. The number of furan rings is 1. The highest BCUT2D eigenvalue weighted by atomic mass is 79.9. The van der Waals surface area contributed by atoms with Crippen LogP contribution in [0.15, 0.2) is 21.2 Å². The van der Waals surface area contributed by atoms with Crippen LogP contribution in [0.1, 0.15) is 44.9 Å². The highest BCUT2D eigenvalue weighted by molar-refractivity contribution is 9.10. The van der Waals surface area contributed by atoms with E-state index in [-0.39, 0.29) is 6.04 Å². The summed E-state index contributed by atoms with van der Waals surface area (Å²) in [5.41, 5.74) is 9.40. The lowest BCUT2D eigenvalue weighted by molar-refractivity contribution is 0.0268. The number of hydrogen-bond acceptors (Lipinski definition) is 4. The molecule has 18 heavy (non-hydrogen) atoms. The average Bonchev–Trinajstić information content (AvgIpc) is 2.76. The zero-order chi connectivity index (χ0) is 13.1. The van der Waals surface area contributed by atoms with Crippen LogP contribution in [0.25, 0.3) is 0 Å². The molecule has 102 valence electrons. The van der Waals surface area contributed by atoms with Gasteiger partial charge in [-0.3, -0.25) is 0 Å². The lowest BCUT2D eigenvalue weighted by Gasteiger charge is -2.41. The predicted octanol–water partition coefficient (Wildman–Crippen LogP) is 2.81. The van der Waals surface area contributed by atoms with Crippen LogP contribution in [-0.2, 0) is 0 Å². The molecule has 3 atom stereocenters. The summed E-state index contributed by atoms with van der Waals surface area (Å²) in [6.07, 6.45) is 5.45. The molecule has 2 heterocycles. The van der Waals surface area contributed by atoms with Gasteiger partial charge in [0.05, 0.1) is 16.8 Å².